The van der Waals surface area contributed by atoms with Gasteiger partial charge in [-0.2, -0.15) is 0 Å². The van der Waals surface area contributed by atoms with E-state index in [1.165, 1.54) is 19.1 Å². The molecule has 0 saturated carbocycles. The van der Waals surface area contributed by atoms with Crippen LogP contribution in [0.4, 0.5) is 5.69 Å². The summed E-state index contributed by atoms with van der Waals surface area (Å²) in [6.45, 7) is 1.26. The summed E-state index contributed by atoms with van der Waals surface area (Å²) in [5, 5.41) is 2.63. The van der Waals surface area contributed by atoms with Gasteiger partial charge >= 0.3 is 0 Å². The van der Waals surface area contributed by atoms with E-state index in [0.717, 1.165) is 0 Å². The van der Waals surface area contributed by atoms with Crippen molar-refractivity contribution in [3.63, 3.8) is 0 Å². The predicted octanol–water partition coefficient (Wildman–Crippen LogP) is 2.01. The molecule has 0 fully saturated rings. The first kappa shape index (κ1) is 16.2. The lowest BCUT2D eigenvalue weighted by atomic mass is 10.1. The van der Waals surface area contributed by atoms with Crippen molar-refractivity contribution < 1.29 is 19.1 Å². The number of carbonyl (C=O) groups is 3. The van der Waals surface area contributed by atoms with Crippen LogP contribution in [0.1, 0.15) is 27.6 Å². The molecule has 2 rings (SSSR count). The second-order valence-electron chi connectivity index (χ2n) is 4.86. The molecule has 6 heteroatoms. The molecule has 3 N–H and O–H groups in total. The Morgan fingerprint density at radius 2 is 1.74 bits per heavy atom. The molecule has 0 aliphatic carbocycles. The molecule has 118 valence electrons. The van der Waals surface area contributed by atoms with E-state index < -0.39 is 5.91 Å². The lowest BCUT2D eigenvalue weighted by Gasteiger charge is -2.08. The van der Waals surface area contributed by atoms with Crippen molar-refractivity contribution in [1.29, 1.82) is 0 Å². The predicted molar refractivity (Wildman–Crippen MR) is 85.5 cm³/mol. The van der Waals surface area contributed by atoms with Gasteiger partial charge in [0.25, 0.3) is 5.91 Å². The highest BCUT2D eigenvalue weighted by Gasteiger charge is 2.06. The van der Waals surface area contributed by atoms with Crippen LogP contribution >= 0.6 is 0 Å². The molecule has 2 amide bonds. The van der Waals surface area contributed by atoms with Gasteiger partial charge < -0.3 is 15.8 Å². The summed E-state index contributed by atoms with van der Waals surface area (Å²) < 4.78 is 5.35. The molecule has 0 radical (unpaired) electrons. The number of Topliss-reactive ketones (excluding diaryl/α,β-unsaturated/α-hetero) is 1. The van der Waals surface area contributed by atoms with Crippen molar-refractivity contribution in [2.75, 3.05) is 11.9 Å². The highest BCUT2D eigenvalue weighted by molar-refractivity contribution is 5.95. The summed E-state index contributed by atoms with van der Waals surface area (Å²) in [6, 6.07) is 12.8. The quantitative estimate of drug-likeness (QED) is 0.797. The summed E-state index contributed by atoms with van der Waals surface area (Å²) in [6.07, 6.45) is 0. The average Bonchev–Trinajstić information content (AvgIpc) is 2.53. The fourth-order valence-electron chi connectivity index (χ4n) is 1.87. The summed E-state index contributed by atoms with van der Waals surface area (Å²) in [7, 11) is 0. The van der Waals surface area contributed by atoms with Gasteiger partial charge in [0.05, 0.1) is 0 Å². The minimum Gasteiger partial charge on any atom is -0.484 e. The third kappa shape index (κ3) is 4.67. The number of benzene rings is 2. The molecule has 0 atom stereocenters. The molecule has 0 aliphatic rings. The standard InChI is InChI=1S/C17H16N2O4/c1-11(20)13-3-2-4-15(9-13)23-10-16(21)19-14-7-5-12(6-8-14)17(18)22/h2-9H,10H2,1H3,(H2,18,22)(H,19,21). The number of ether oxygens (including phenoxy) is 1. The minimum atomic E-state index is -0.531. The zero-order valence-corrected chi connectivity index (χ0v) is 12.5. The fourth-order valence-corrected chi connectivity index (χ4v) is 1.87. The van der Waals surface area contributed by atoms with E-state index in [1.54, 1.807) is 36.4 Å². The lowest BCUT2D eigenvalue weighted by Crippen LogP contribution is -2.20. The van der Waals surface area contributed by atoms with Gasteiger partial charge in [0.1, 0.15) is 5.75 Å². The summed E-state index contributed by atoms with van der Waals surface area (Å²) in [5.41, 5.74) is 6.55. The molecule has 0 heterocycles. The smallest absolute Gasteiger partial charge is 0.262 e. The molecule has 0 aliphatic heterocycles. The molecule has 2 aromatic carbocycles. The highest BCUT2D eigenvalue weighted by atomic mass is 16.5. The Kier molecular flexibility index (Phi) is 5.09. The minimum absolute atomic E-state index is 0.0746. The average molecular weight is 312 g/mol. The van der Waals surface area contributed by atoms with Crippen LogP contribution in [0.3, 0.4) is 0 Å². The van der Waals surface area contributed by atoms with E-state index in [2.05, 4.69) is 5.32 Å². The highest BCUT2D eigenvalue weighted by Crippen LogP contribution is 2.14. The maximum Gasteiger partial charge on any atom is 0.262 e. The van der Waals surface area contributed by atoms with Crippen molar-refractivity contribution in [1.82, 2.24) is 0 Å². The third-order valence-corrected chi connectivity index (χ3v) is 3.06. The molecule has 0 bridgehead atoms. The van der Waals surface area contributed by atoms with Crippen molar-refractivity contribution in [3.05, 3.63) is 59.7 Å². The Morgan fingerprint density at radius 3 is 2.35 bits per heavy atom. The van der Waals surface area contributed by atoms with E-state index in [4.69, 9.17) is 10.5 Å². The normalized spacial score (nSPS) is 9.96. The molecular formula is C17H16N2O4. The zero-order valence-electron chi connectivity index (χ0n) is 12.5. The first-order valence-corrected chi connectivity index (χ1v) is 6.89. The first-order chi connectivity index (χ1) is 11.0. The van der Waals surface area contributed by atoms with Crippen LogP contribution in [-0.2, 0) is 4.79 Å². The van der Waals surface area contributed by atoms with E-state index in [9.17, 15) is 14.4 Å². The third-order valence-electron chi connectivity index (χ3n) is 3.06. The Labute approximate surface area is 133 Å². The van der Waals surface area contributed by atoms with Gasteiger partial charge in [-0.1, -0.05) is 12.1 Å². The second-order valence-corrected chi connectivity index (χ2v) is 4.86. The van der Waals surface area contributed by atoms with Crippen molar-refractivity contribution in [3.8, 4) is 5.75 Å². The SMILES string of the molecule is CC(=O)c1cccc(OCC(=O)Nc2ccc(C(N)=O)cc2)c1. The van der Waals surface area contributed by atoms with Crippen LogP contribution < -0.4 is 15.8 Å². The van der Waals surface area contributed by atoms with Crippen molar-refractivity contribution in [2.45, 2.75) is 6.92 Å². The number of ketones is 1. The Morgan fingerprint density at radius 1 is 1.04 bits per heavy atom. The number of hydrogen-bond acceptors (Lipinski definition) is 4. The van der Waals surface area contributed by atoms with Gasteiger partial charge in [-0.05, 0) is 43.3 Å². The zero-order chi connectivity index (χ0) is 16.8. The number of primary amides is 1. The van der Waals surface area contributed by atoms with Gasteiger partial charge in [-0.15, -0.1) is 0 Å². The van der Waals surface area contributed by atoms with Gasteiger partial charge in [0, 0.05) is 16.8 Å². The monoisotopic (exact) mass is 312 g/mol. The maximum atomic E-state index is 11.8. The van der Waals surface area contributed by atoms with Gasteiger partial charge in [0.2, 0.25) is 5.91 Å². The first-order valence-electron chi connectivity index (χ1n) is 6.89. The number of hydrogen-bond donors (Lipinski definition) is 2. The van der Waals surface area contributed by atoms with Gasteiger partial charge in [-0.25, -0.2) is 0 Å². The van der Waals surface area contributed by atoms with Crippen LogP contribution in [-0.4, -0.2) is 24.2 Å². The number of amides is 2. The molecule has 2 aromatic rings. The largest absolute Gasteiger partial charge is 0.484 e. The lowest BCUT2D eigenvalue weighted by molar-refractivity contribution is -0.118. The van der Waals surface area contributed by atoms with Crippen LogP contribution in [0.15, 0.2) is 48.5 Å². The van der Waals surface area contributed by atoms with Crippen molar-refractivity contribution in [2.24, 2.45) is 5.73 Å². The number of nitrogens with two attached hydrogens (primary N) is 1. The van der Waals surface area contributed by atoms with E-state index in [0.29, 0.717) is 22.6 Å². The molecule has 0 saturated heterocycles. The second kappa shape index (κ2) is 7.22. The Balaban J connectivity index is 1.91. The number of nitrogens with one attached hydrogen (secondary N) is 1. The molecule has 23 heavy (non-hydrogen) atoms. The molecule has 0 unspecified atom stereocenters. The summed E-state index contributed by atoms with van der Waals surface area (Å²) in [4.78, 5) is 34.1. The van der Waals surface area contributed by atoms with Crippen molar-refractivity contribution >= 4 is 23.3 Å². The summed E-state index contributed by atoms with van der Waals surface area (Å²) >= 11 is 0. The molecule has 0 spiro atoms. The number of anilines is 1. The van der Waals surface area contributed by atoms with Crippen LogP contribution in [0, 0.1) is 0 Å². The van der Waals surface area contributed by atoms with Gasteiger partial charge in [-0.3, -0.25) is 14.4 Å². The topological polar surface area (TPSA) is 98.5 Å². The molecule has 0 aromatic heterocycles. The van der Waals surface area contributed by atoms with E-state index >= 15 is 0 Å². The molecule has 6 nitrogen and oxygen atoms in total. The van der Waals surface area contributed by atoms with E-state index in [1.807, 2.05) is 0 Å². The van der Waals surface area contributed by atoms with E-state index in [-0.39, 0.29) is 18.3 Å². The number of rotatable bonds is 6. The maximum absolute atomic E-state index is 11.8. The molecular weight excluding hydrogens is 296 g/mol. The van der Waals surface area contributed by atoms with Crippen LogP contribution in [0.5, 0.6) is 5.75 Å². The van der Waals surface area contributed by atoms with Crippen LogP contribution in [0.2, 0.25) is 0 Å². The van der Waals surface area contributed by atoms with Gasteiger partial charge in [0.15, 0.2) is 12.4 Å². The number of carbonyl (C=O) groups excluding carboxylic acids is 3. The summed E-state index contributed by atoms with van der Waals surface area (Å²) in [5.74, 6) is -0.520. The Bertz CT molecular complexity index is 739. The fraction of sp³-hybridized carbons (Fsp3) is 0.118. The van der Waals surface area contributed by atoms with Crippen LogP contribution in [0.25, 0.3) is 0 Å². The Hall–Kier alpha value is -3.15.